The van der Waals surface area contributed by atoms with Gasteiger partial charge in [-0.3, -0.25) is 4.79 Å². The summed E-state index contributed by atoms with van der Waals surface area (Å²) in [5, 5.41) is 13.5. The van der Waals surface area contributed by atoms with Crippen molar-refractivity contribution in [1.29, 1.82) is 0 Å². The Labute approximate surface area is 120 Å². The van der Waals surface area contributed by atoms with E-state index in [1.165, 1.54) is 12.5 Å². The lowest BCUT2D eigenvalue weighted by Crippen LogP contribution is -2.44. The number of benzene rings is 1. The molecule has 0 bridgehead atoms. The molecule has 21 heavy (non-hydrogen) atoms. The second-order valence-electron chi connectivity index (χ2n) is 5.10. The quantitative estimate of drug-likeness (QED) is 0.686. The minimum absolute atomic E-state index is 0.0874. The molecule has 1 N–H and O–H groups in total. The van der Waals surface area contributed by atoms with Gasteiger partial charge in [-0.25, -0.2) is 0 Å². The van der Waals surface area contributed by atoms with E-state index in [9.17, 15) is 14.9 Å². The molecule has 3 rings (SSSR count). The zero-order chi connectivity index (χ0) is 14.8. The lowest BCUT2D eigenvalue weighted by Gasteiger charge is -2.35. The van der Waals surface area contributed by atoms with Crippen molar-refractivity contribution in [3.05, 3.63) is 58.5 Å². The Balaban J connectivity index is 1.54. The Morgan fingerprint density at radius 3 is 2.67 bits per heavy atom. The maximum atomic E-state index is 12.0. The molecule has 0 unspecified atom stereocenters. The summed E-state index contributed by atoms with van der Waals surface area (Å²) in [4.78, 5) is 25.8. The fourth-order valence-electron chi connectivity index (χ4n) is 2.43. The predicted molar refractivity (Wildman–Crippen MR) is 74.8 cm³/mol. The number of amides is 1. The number of nitrogens with one attached hydrogen (secondary N) is 1. The molecular formula is C14H14N4O3. The molecule has 1 aromatic heterocycles. The number of imidazole rings is 1. The molecule has 108 valence electrons. The smallest absolute Gasteiger partial charge is 0.358 e. The Morgan fingerprint density at radius 2 is 2.05 bits per heavy atom. The van der Waals surface area contributed by atoms with Crippen LogP contribution in [0.3, 0.4) is 0 Å². The first kappa shape index (κ1) is 13.3. The zero-order valence-electron chi connectivity index (χ0n) is 11.2. The van der Waals surface area contributed by atoms with E-state index in [0.717, 1.165) is 12.8 Å². The normalized spacial score (nSPS) is 20.6. The molecule has 1 fully saturated rings. The molecule has 2 aromatic rings. The minimum atomic E-state index is -0.510. The van der Waals surface area contributed by atoms with Crippen LogP contribution in [0.1, 0.15) is 29.2 Å². The monoisotopic (exact) mass is 286 g/mol. The van der Waals surface area contributed by atoms with Gasteiger partial charge in [0.15, 0.2) is 0 Å². The Kier molecular flexibility index (Phi) is 3.39. The van der Waals surface area contributed by atoms with Crippen LogP contribution in [0.15, 0.2) is 42.9 Å². The van der Waals surface area contributed by atoms with E-state index in [2.05, 4.69) is 10.3 Å². The average molecular weight is 286 g/mol. The SMILES string of the molecule is O=C(N[C@H]1C[C@@H](n2cnc([N+](=O)[O-])c2)C1)c1ccccc1. The first-order chi connectivity index (χ1) is 10.1. The van der Waals surface area contributed by atoms with Crippen molar-refractivity contribution in [3.8, 4) is 0 Å². The highest BCUT2D eigenvalue weighted by Gasteiger charge is 2.32. The van der Waals surface area contributed by atoms with Gasteiger partial charge in [-0.15, -0.1) is 0 Å². The summed E-state index contributed by atoms with van der Waals surface area (Å²) in [6.07, 6.45) is 4.41. The van der Waals surface area contributed by atoms with Crippen molar-refractivity contribution in [1.82, 2.24) is 14.9 Å². The Morgan fingerprint density at radius 1 is 1.33 bits per heavy atom. The van der Waals surface area contributed by atoms with E-state index in [1.807, 2.05) is 18.2 Å². The first-order valence-electron chi connectivity index (χ1n) is 6.67. The second-order valence-corrected chi connectivity index (χ2v) is 5.10. The highest BCUT2D eigenvalue weighted by Crippen LogP contribution is 2.33. The summed E-state index contributed by atoms with van der Waals surface area (Å²) in [6.45, 7) is 0. The van der Waals surface area contributed by atoms with E-state index in [4.69, 9.17) is 0 Å². The number of nitro groups is 1. The van der Waals surface area contributed by atoms with Crippen LogP contribution in [0.25, 0.3) is 0 Å². The highest BCUT2D eigenvalue weighted by atomic mass is 16.6. The van der Waals surface area contributed by atoms with E-state index in [1.54, 1.807) is 16.7 Å². The molecule has 1 heterocycles. The summed E-state index contributed by atoms with van der Waals surface area (Å²) in [7, 11) is 0. The summed E-state index contributed by atoms with van der Waals surface area (Å²) in [5.74, 6) is -0.234. The van der Waals surface area contributed by atoms with E-state index in [-0.39, 0.29) is 23.8 Å². The number of hydrogen-bond acceptors (Lipinski definition) is 4. The number of hydrogen-bond donors (Lipinski definition) is 1. The van der Waals surface area contributed by atoms with Crippen LogP contribution in [0.2, 0.25) is 0 Å². The fourth-order valence-corrected chi connectivity index (χ4v) is 2.43. The van der Waals surface area contributed by atoms with Crippen LogP contribution in [-0.4, -0.2) is 26.4 Å². The van der Waals surface area contributed by atoms with Gasteiger partial charge in [-0.1, -0.05) is 18.2 Å². The lowest BCUT2D eigenvalue weighted by atomic mass is 9.86. The van der Waals surface area contributed by atoms with Gasteiger partial charge in [-0.05, 0) is 34.9 Å². The third kappa shape index (κ3) is 2.76. The number of rotatable bonds is 4. The van der Waals surface area contributed by atoms with Crippen molar-refractivity contribution in [3.63, 3.8) is 0 Å². The predicted octanol–water partition coefficient (Wildman–Crippen LogP) is 1.92. The van der Waals surface area contributed by atoms with Gasteiger partial charge in [-0.2, -0.15) is 0 Å². The minimum Gasteiger partial charge on any atom is -0.358 e. The number of carbonyl (C=O) groups excluding carboxylic acids is 1. The van der Waals surface area contributed by atoms with E-state index >= 15 is 0 Å². The lowest BCUT2D eigenvalue weighted by molar-refractivity contribution is -0.389. The van der Waals surface area contributed by atoms with Gasteiger partial charge in [0.25, 0.3) is 5.91 Å². The van der Waals surface area contributed by atoms with Gasteiger partial charge in [0.1, 0.15) is 6.20 Å². The second kappa shape index (κ2) is 5.35. The molecule has 1 amide bonds. The summed E-state index contributed by atoms with van der Waals surface area (Å²) in [5.41, 5.74) is 0.638. The molecule has 1 saturated carbocycles. The third-order valence-corrected chi connectivity index (χ3v) is 3.68. The summed E-state index contributed by atoms with van der Waals surface area (Å²) < 4.78 is 1.74. The van der Waals surface area contributed by atoms with Crippen LogP contribution >= 0.6 is 0 Å². The van der Waals surface area contributed by atoms with Gasteiger partial charge in [0.2, 0.25) is 6.33 Å². The Hall–Kier alpha value is -2.70. The van der Waals surface area contributed by atoms with Crippen LogP contribution < -0.4 is 5.32 Å². The standard InChI is InChI=1S/C14H14N4O3/c19-14(10-4-2-1-3-5-10)16-11-6-12(7-11)17-8-13(15-9-17)18(20)21/h1-5,8-9,11-12H,6-7H2,(H,16,19)/t11-,12+. The van der Waals surface area contributed by atoms with Gasteiger partial charge in [0, 0.05) is 17.6 Å². The Bertz CT molecular complexity index is 662. The number of aromatic nitrogens is 2. The van der Waals surface area contributed by atoms with Crippen molar-refractivity contribution in [2.45, 2.75) is 24.9 Å². The number of nitrogens with zero attached hydrogens (tertiary/aromatic N) is 3. The molecule has 0 atom stereocenters. The molecule has 0 spiro atoms. The molecule has 0 saturated heterocycles. The topological polar surface area (TPSA) is 90.1 Å². The molecule has 0 radical (unpaired) electrons. The van der Waals surface area contributed by atoms with E-state index in [0.29, 0.717) is 5.56 Å². The molecule has 7 nitrogen and oxygen atoms in total. The molecular weight excluding hydrogens is 272 g/mol. The van der Waals surface area contributed by atoms with Crippen LogP contribution in [0, 0.1) is 10.1 Å². The van der Waals surface area contributed by atoms with Gasteiger partial charge >= 0.3 is 5.82 Å². The van der Waals surface area contributed by atoms with Gasteiger partial charge in [0.05, 0.1) is 0 Å². The first-order valence-corrected chi connectivity index (χ1v) is 6.67. The molecule has 1 aliphatic rings. The average Bonchev–Trinajstić information content (AvgIpc) is 2.92. The third-order valence-electron chi connectivity index (χ3n) is 3.68. The summed E-state index contributed by atoms with van der Waals surface area (Å²) >= 11 is 0. The van der Waals surface area contributed by atoms with Crippen molar-refractivity contribution in [2.24, 2.45) is 0 Å². The zero-order valence-corrected chi connectivity index (χ0v) is 11.2. The van der Waals surface area contributed by atoms with Crippen LogP contribution in [0.5, 0.6) is 0 Å². The maximum absolute atomic E-state index is 12.0. The largest absolute Gasteiger partial charge is 0.381 e. The number of carbonyl (C=O) groups is 1. The highest BCUT2D eigenvalue weighted by molar-refractivity contribution is 5.94. The maximum Gasteiger partial charge on any atom is 0.381 e. The summed E-state index contributed by atoms with van der Waals surface area (Å²) in [6, 6.07) is 9.31. The van der Waals surface area contributed by atoms with Crippen molar-refractivity contribution in [2.75, 3.05) is 0 Å². The molecule has 1 aromatic carbocycles. The fraction of sp³-hybridized carbons (Fsp3) is 0.286. The molecule has 0 aliphatic heterocycles. The van der Waals surface area contributed by atoms with Crippen LogP contribution in [0.4, 0.5) is 5.82 Å². The van der Waals surface area contributed by atoms with Gasteiger partial charge < -0.3 is 20.0 Å². The molecule has 7 heteroatoms. The van der Waals surface area contributed by atoms with Crippen molar-refractivity contribution < 1.29 is 9.72 Å². The van der Waals surface area contributed by atoms with Crippen molar-refractivity contribution >= 4 is 11.7 Å². The van der Waals surface area contributed by atoms with Crippen LogP contribution in [-0.2, 0) is 0 Å². The van der Waals surface area contributed by atoms with E-state index < -0.39 is 4.92 Å². The molecule has 1 aliphatic carbocycles.